The molecule has 0 aliphatic heterocycles. The highest BCUT2D eigenvalue weighted by Crippen LogP contribution is 2.29. The molecule has 2 aromatic rings. The Balaban J connectivity index is 2.26. The second-order valence-electron chi connectivity index (χ2n) is 4.79. The molecule has 116 valence electrons. The molecule has 22 heavy (non-hydrogen) atoms. The van der Waals surface area contributed by atoms with Crippen LogP contribution in [0.3, 0.4) is 0 Å². The highest BCUT2D eigenvalue weighted by Gasteiger charge is 2.20. The van der Waals surface area contributed by atoms with Gasteiger partial charge in [-0.25, -0.2) is 0 Å². The van der Waals surface area contributed by atoms with Gasteiger partial charge in [0.05, 0.1) is 20.3 Å². The largest absolute Gasteiger partial charge is 0.496 e. The van der Waals surface area contributed by atoms with Gasteiger partial charge in [0.25, 0.3) is 5.91 Å². The number of ether oxygens (including phenoxy) is 2. The van der Waals surface area contributed by atoms with Gasteiger partial charge in [0.2, 0.25) is 0 Å². The Labute approximate surface area is 138 Å². The summed E-state index contributed by atoms with van der Waals surface area (Å²) in [6, 6.07) is 12.9. The molecule has 1 atom stereocenters. The average Bonchev–Trinajstić information content (AvgIpc) is 2.53. The van der Waals surface area contributed by atoms with Crippen molar-refractivity contribution in [2.75, 3.05) is 14.2 Å². The number of benzene rings is 2. The zero-order valence-corrected chi connectivity index (χ0v) is 14.3. The zero-order chi connectivity index (χ0) is 16.1. The number of methoxy groups -OCH3 is 2. The Hall–Kier alpha value is -2.01. The minimum Gasteiger partial charge on any atom is -0.496 e. The number of halogens is 1. The van der Waals surface area contributed by atoms with Crippen LogP contribution in [-0.2, 0) is 0 Å². The first-order valence-corrected chi connectivity index (χ1v) is 7.63. The highest BCUT2D eigenvalue weighted by atomic mass is 79.9. The maximum absolute atomic E-state index is 12.6. The average molecular weight is 364 g/mol. The van der Waals surface area contributed by atoms with Gasteiger partial charge in [-0.3, -0.25) is 4.79 Å². The van der Waals surface area contributed by atoms with E-state index in [-0.39, 0.29) is 11.9 Å². The lowest BCUT2D eigenvalue weighted by atomic mass is 10.1. The molecule has 0 spiro atoms. The number of rotatable bonds is 5. The minimum absolute atomic E-state index is 0.139. The van der Waals surface area contributed by atoms with Gasteiger partial charge in [-0.2, -0.15) is 0 Å². The summed E-state index contributed by atoms with van der Waals surface area (Å²) >= 11 is 3.43. The van der Waals surface area contributed by atoms with Gasteiger partial charge in [0.1, 0.15) is 17.1 Å². The van der Waals surface area contributed by atoms with Crippen molar-refractivity contribution in [3.8, 4) is 11.5 Å². The van der Waals surface area contributed by atoms with E-state index in [2.05, 4.69) is 21.2 Å². The molecule has 0 saturated carbocycles. The highest BCUT2D eigenvalue weighted by molar-refractivity contribution is 9.10. The second-order valence-corrected chi connectivity index (χ2v) is 5.70. The van der Waals surface area contributed by atoms with Crippen LogP contribution in [0.15, 0.2) is 46.9 Å². The molecule has 0 bridgehead atoms. The first-order chi connectivity index (χ1) is 10.6. The van der Waals surface area contributed by atoms with E-state index >= 15 is 0 Å². The summed E-state index contributed by atoms with van der Waals surface area (Å²) in [5, 5.41) is 2.97. The van der Waals surface area contributed by atoms with E-state index in [1.54, 1.807) is 18.2 Å². The molecule has 1 amide bonds. The van der Waals surface area contributed by atoms with Crippen LogP contribution in [0.4, 0.5) is 0 Å². The van der Waals surface area contributed by atoms with Gasteiger partial charge in [-0.15, -0.1) is 0 Å². The summed E-state index contributed by atoms with van der Waals surface area (Å²) in [7, 11) is 3.06. The van der Waals surface area contributed by atoms with Crippen molar-refractivity contribution in [3.63, 3.8) is 0 Å². The van der Waals surface area contributed by atoms with Crippen molar-refractivity contribution in [1.82, 2.24) is 5.32 Å². The van der Waals surface area contributed by atoms with E-state index in [4.69, 9.17) is 9.47 Å². The van der Waals surface area contributed by atoms with E-state index < -0.39 is 0 Å². The van der Waals surface area contributed by atoms with Crippen molar-refractivity contribution in [1.29, 1.82) is 0 Å². The molecule has 0 fully saturated rings. The van der Waals surface area contributed by atoms with Gasteiger partial charge in [-0.1, -0.05) is 34.1 Å². The van der Waals surface area contributed by atoms with E-state index in [1.165, 1.54) is 14.2 Å². The van der Waals surface area contributed by atoms with Gasteiger partial charge in [-0.05, 0) is 36.8 Å². The van der Waals surface area contributed by atoms with Crippen LogP contribution in [0.25, 0.3) is 0 Å². The summed E-state index contributed by atoms with van der Waals surface area (Å²) in [6.07, 6.45) is 0. The molecule has 0 radical (unpaired) electrons. The monoisotopic (exact) mass is 363 g/mol. The molecule has 0 heterocycles. The number of carbonyl (C=O) groups is 1. The Kier molecular flexibility index (Phi) is 5.44. The van der Waals surface area contributed by atoms with Crippen LogP contribution in [0.5, 0.6) is 11.5 Å². The van der Waals surface area contributed by atoms with E-state index in [0.717, 1.165) is 10.0 Å². The third-order valence-corrected chi connectivity index (χ3v) is 3.84. The van der Waals surface area contributed by atoms with Crippen molar-refractivity contribution in [3.05, 3.63) is 58.1 Å². The summed E-state index contributed by atoms with van der Waals surface area (Å²) in [4.78, 5) is 12.6. The fourth-order valence-electron chi connectivity index (χ4n) is 2.20. The fourth-order valence-corrected chi connectivity index (χ4v) is 2.62. The molecule has 5 heteroatoms. The number of carbonyl (C=O) groups excluding carboxylic acids is 1. The van der Waals surface area contributed by atoms with Gasteiger partial charge < -0.3 is 14.8 Å². The Morgan fingerprint density at radius 1 is 1.09 bits per heavy atom. The second kappa shape index (κ2) is 7.31. The SMILES string of the molecule is COc1cccc(OC)c1C(=O)NC(C)c1cccc(Br)c1. The number of amides is 1. The topological polar surface area (TPSA) is 47.6 Å². The van der Waals surface area contributed by atoms with Crippen LogP contribution >= 0.6 is 15.9 Å². The van der Waals surface area contributed by atoms with Crippen molar-refractivity contribution in [2.24, 2.45) is 0 Å². The van der Waals surface area contributed by atoms with Crippen LogP contribution in [-0.4, -0.2) is 20.1 Å². The van der Waals surface area contributed by atoms with Crippen molar-refractivity contribution >= 4 is 21.8 Å². The lowest BCUT2D eigenvalue weighted by molar-refractivity contribution is 0.0933. The normalized spacial score (nSPS) is 11.6. The summed E-state index contributed by atoms with van der Waals surface area (Å²) < 4.78 is 11.5. The molecule has 2 aromatic carbocycles. The molecule has 0 aromatic heterocycles. The standard InChI is InChI=1S/C17H18BrNO3/c1-11(12-6-4-7-13(18)10-12)19-17(20)16-14(21-2)8-5-9-15(16)22-3/h4-11H,1-3H3,(H,19,20). The molecule has 0 aliphatic carbocycles. The fraction of sp³-hybridized carbons (Fsp3) is 0.235. The first kappa shape index (κ1) is 16.4. The zero-order valence-electron chi connectivity index (χ0n) is 12.7. The van der Waals surface area contributed by atoms with Crippen LogP contribution in [0.2, 0.25) is 0 Å². The Morgan fingerprint density at radius 3 is 2.23 bits per heavy atom. The van der Waals surface area contributed by atoms with Crippen LogP contribution < -0.4 is 14.8 Å². The maximum Gasteiger partial charge on any atom is 0.259 e. The predicted octanol–water partition coefficient (Wildman–Crippen LogP) is 3.96. The number of hydrogen-bond donors (Lipinski definition) is 1. The van der Waals surface area contributed by atoms with Crippen molar-refractivity contribution in [2.45, 2.75) is 13.0 Å². The number of hydrogen-bond acceptors (Lipinski definition) is 3. The lowest BCUT2D eigenvalue weighted by Crippen LogP contribution is -2.27. The quantitative estimate of drug-likeness (QED) is 0.874. The van der Waals surface area contributed by atoms with Gasteiger partial charge >= 0.3 is 0 Å². The molecule has 1 N–H and O–H groups in total. The third-order valence-electron chi connectivity index (χ3n) is 3.35. The Bertz CT molecular complexity index is 650. The van der Waals surface area contributed by atoms with E-state index in [1.807, 2.05) is 31.2 Å². The molecule has 1 unspecified atom stereocenters. The molecule has 2 rings (SSSR count). The molecule has 4 nitrogen and oxygen atoms in total. The minimum atomic E-state index is -0.234. The third kappa shape index (κ3) is 3.60. The van der Waals surface area contributed by atoms with Gasteiger partial charge in [0.15, 0.2) is 0 Å². The molecular weight excluding hydrogens is 346 g/mol. The van der Waals surface area contributed by atoms with E-state index in [9.17, 15) is 4.79 Å². The summed E-state index contributed by atoms with van der Waals surface area (Å²) in [5.41, 5.74) is 1.41. The molecule has 0 aliphatic rings. The Morgan fingerprint density at radius 2 is 1.68 bits per heavy atom. The van der Waals surface area contributed by atoms with Crippen LogP contribution in [0, 0.1) is 0 Å². The molecule has 0 saturated heterocycles. The predicted molar refractivity (Wildman–Crippen MR) is 89.6 cm³/mol. The summed E-state index contributed by atoms with van der Waals surface area (Å²) in [6.45, 7) is 1.93. The maximum atomic E-state index is 12.6. The van der Waals surface area contributed by atoms with Crippen molar-refractivity contribution < 1.29 is 14.3 Å². The first-order valence-electron chi connectivity index (χ1n) is 6.84. The smallest absolute Gasteiger partial charge is 0.259 e. The number of nitrogens with one attached hydrogen (secondary N) is 1. The lowest BCUT2D eigenvalue weighted by Gasteiger charge is -2.17. The molecular formula is C17H18BrNO3. The van der Waals surface area contributed by atoms with Crippen LogP contribution in [0.1, 0.15) is 28.9 Å². The van der Waals surface area contributed by atoms with Gasteiger partial charge in [0, 0.05) is 4.47 Å². The summed E-state index contributed by atoms with van der Waals surface area (Å²) in [5.74, 6) is 0.735. The van der Waals surface area contributed by atoms with E-state index in [0.29, 0.717) is 17.1 Å².